The van der Waals surface area contributed by atoms with Crippen LogP contribution in [0.2, 0.25) is 0 Å². The second-order valence-electron chi connectivity index (χ2n) is 4.90. The molecule has 2 atom stereocenters. The molecule has 1 aliphatic rings. The summed E-state index contributed by atoms with van der Waals surface area (Å²) in [5, 5.41) is 0. The van der Waals surface area contributed by atoms with Gasteiger partial charge in [0, 0.05) is 4.43 Å². The van der Waals surface area contributed by atoms with Gasteiger partial charge in [-0.3, -0.25) is 0 Å². The van der Waals surface area contributed by atoms with Crippen molar-refractivity contribution in [1.29, 1.82) is 0 Å². The van der Waals surface area contributed by atoms with Crippen molar-refractivity contribution in [1.82, 2.24) is 0 Å². The summed E-state index contributed by atoms with van der Waals surface area (Å²) in [6.45, 7) is 10.6. The summed E-state index contributed by atoms with van der Waals surface area (Å²) in [6, 6.07) is 0. The molecule has 0 aromatic rings. The van der Waals surface area contributed by atoms with Gasteiger partial charge in [0.2, 0.25) is 0 Å². The van der Waals surface area contributed by atoms with Gasteiger partial charge in [-0.05, 0) is 32.1 Å². The smallest absolute Gasteiger partial charge is 0.0752 e. The minimum absolute atomic E-state index is 0.0572. The lowest BCUT2D eigenvalue weighted by Crippen LogP contribution is -2.38. The molecular formula is C12H21IO. The van der Waals surface area contributed by atoms with E-state index in [0.717, 1.165) is 10.8 Å². The lowest BCUT2D eigenvalue weighted by atomic mass is 9.84. The Morgan fingerprint density at radius 1 is 1.50 bits per heavy atom. The minimum atomic E-state index is 0.0572. The highest BCUT2D eigenvalue weighted by atomic mass is 127. The van der Waals surface area contributed by atoms with E-state index in [-0.39, 0.29) is 11.2 Å². The van der Waals surface area contributed by atoms with Gasteiger partial charge in [0.15, 0.2) is 0 Å². The standard InChI is InChI=1S/C12H21IO/c1-5-6-12(10(2)3)8-7-11(4,9-13)14-12/h5,10H,1,6-9H2,2-4H3/t11-,12+/m1/s1. The summed E-state index contributed by atoms with van der Waals surface area (Å²) < 4.78 is 7.39. The SMILES string of the molecule is C=CC[C@@]1(C(C)C)CC[C@](C)(CI)O1. The first-order valence-corrected chi connectivity index (χ1v) is 6.88. The fourth-order valence-electron chi connectivity index (χ4n) is 2.19. The number of rotatable bonds is 4. The Bertz CT molecular complexity index is 214. The van der Waals surface area contributed by atoms with Gasteiger partial charge >= 0.3 is 0 Å². The lowest BCUT2D eigenvalue weighted by Gasteiger charge is -2.35. The van der Waals surface area contributed by atoms with Crippen molar-refractivity contribution in [3.8, 4) is 0 Å². The maximum Gasteiger partial charge on any atom is 0.0752 e. The van der Waals surface area contributed by atoms with Gasteiger partial charge in [-0.25, -0.2) is 0 Å². The predicted molar refractivity (Wildman–Crippen MR) is 70.0 cm³/mol. The van der Waals surface area contributed by atoms with Crippen molar-refractivity contribution in [3.63, 3.8) is 0 Å². The zero-order valence-corrected chi connectivity index (χ0v) is 11.6. The van der Waals surface area contributed by atoms with Gasteiger partial charge in [-0.2, -0.15) is 0 Å². The summed E-state index contributed by atoms with van der Waals surface area (Å²) >= 11 is 2.42. The zero-order valence-electron chi connectivity index (χ0n) is 9.48. The van der Waals surface area contributed by atoms with Crippen LogP contribution in [0.4, 0.5) is 0 Å². The van der Waals surface area contributed by atoms with Crippen LogP contribution in [-0.2, 0) is 4.74 Å². The fourth-order valence-corrected chi connectivity index (χ4v) is 2.73. The van der Waals surface area contributed by atoms with E-state index in [1.165, 1.54) is 12.8 Å². The molecule has 0 radical (unpaired) electrons. The van der Waals surface area contributed by atoms with Crippen molar-refractivity contribution in [2.24, 2.45) is 5.92 Å². The zero-order chi connectivity index (χ0) is 10.8. The number of alkyl halides is 1. The molecule has 1 fully saturated rings. The van der Waals surface area contributed by atoms with Gasteiger partial charge in [0.1, 0.15) is 0 Å². The first-order valence-electron chi connectivity index (χ1n) is 5.35. The monoisotopic (exact) mass is 308 g/mol. The third kappa shape index (κ3) is 2.32. The Morgan fingerprint density at radius 2 is 2.14 bits per heavy atom. The van der Waals surface area contributed by atoms with E-state index in [0.29, 0.717) is 5.92 Å². The molecule has 1 heterocycles. The molecule has 0 aliphatic carbocycles. The summed E-state index contributed by atoms with van der Waals surface area (Å²) in [5.74, 6) is 0.574. The van der Waals surface area contributed by atoms with Gasteiger partial charge in [-0.1, -0.05) is 42.5 Å². The first kappa shape index (κ1) is 12.5. The first-order chi connectivity index (χ1) is 6.48. The molecule has 0 aromatic carbocycles. The molecule has 0 N–H and O–H groups in total. The number of halogens is 1. The van der Waals surface area contributed by atoms with E-state index in [4.69, 9.17) is 4.74 Å². The van der Waals surface area contributed by atoms with Crippen molar-refractivity contribution in [3.05, 3.63) is 12.7 Å². The normalized spacial score (nSPS) is 37.8. The van der Waals surface area contributed by atoms with Gasteiger partial charge in [0.05, 0.1) is 11.2 Å². The molecule has 14 heavy (non-hydrogen) atoms. The maximum absolute atomic E-state index is 6.31. The van der Waals surface area contributed by atoms with E-state index in [9.17, 15) is 0 Å². The van der Waals surface area contributed by atoms with Crippen molar-refractivity contribution < 1.29 is 4.74 Å². The highest BCUT2D eigenvalue weighted by molar-refractivity contribution is 14.1. The third-order valence-corrected chi connectivity index (χ3v) is 4.96. The second-order valence-corrected chi connectivity index (χ2v) is 5.66. The van der Waals surface area contributed by atoms with E-state index in [2.05, 4.69) is 49.9 Å². The highest BCUT2D eigenvalue weighted by Gasteiger charge is 2.46. The molecule has 1 rings (SSSR count). The predicted octanol–water partition coefficient (Wildman–Crippen LogP) is 3.96. The molecule has 1 nitrogen and oxygen atoms in total. The van der Waals surface area contributed by atoms with Crippen molar-refractivity contribution in [2.75, 3.05) is 4.43 Å². The van der Waals surface area contributed by atoms with Gasteiger partial charge in [0.25, 0.3) is 0 Å². The van der Waals surface area contributed by atoms with Crippen LogP contribution in [0.1, 0.15) is 40.0 Å². The Balaban J connectivity index is 2.78. The van der Waals surface area contributed by atoms with Gasteiger partial charge < -0.3 is 4.74 Å². The molecule has 2 heteroatoms. The Hall–Kier alpha value is 0.430. The molecular weight excluding hydrogens is 287 g/mol. The van der Waals surface area contributed by atoms with Crippen molar-refractivity contribution in [2.45, 2.75) is 51.2 Å². The summed E-state index contributed by atoms with van der Waals surface area (Å²) in [6.07, 6.45) is 5.34. The minimum Gasteiger partial charge on any atom is -0.367 e. The Labute approximate surface area is 101 Å². The molecule has 82 valence electrons. The van der Waals surface area contributed by atoms with E-state index in [1.54, 1.807) is 0 Å². The average molecular weight is 308 g/mol. The van der Waals surface area contributed by atoms with Gasteiger partial charge in [-0.15, -0.1) is 6.58 Å². The van der Waals surface area contributed by atoms with E-state index in [1.807, 2.05) is 6.08 Å². The summed E-state index contributed by atoms with van der Waals surface area (Å²) in [7, 11) is 0. The molecule has 0 amide bonds. The Morgan fingerprint density at radius 3 is 2.50 bits per heavy atom. The highest BCUT2D eigenvalue weighted by Crippen LogP contribution is 2.45. The number of ether oxygens (including phenoxy) is 1. The molecule has 0 saturated carbocycles. The third-order valence-electron chi connectivity index (χ3n) is 3.35. The van der Waals surface area contributed by atoms with Crippen LogP contribution in [0.5, 0.6) is 0 Å². The largest absolute Gasteiger partial charge is 0.367 e. The lowest BCUT2D eigenvalue weighted by molar-refractivity contribution is -0.105. The van der Waals surface area contributed by atoms with Crippen LogP contribution in [0.3, 0.4) is 0 Å². The van der Waals surface area contributed by atoms with Crippen LogP contribution in [0.15, 0.2) is 12.7 Å². The molecule has 0 unspecified atom stereocenters. The van der Waals surface area contributed by atoms with Crippen molar-refractivity contribution >= 4 is 22.6 Å². The summed E-state index contributed by atoms with van der Waals surface area (Å²) in [4.78, 5) is 0. The molecule has 0 aromatic heterocycles. The van der Waals surface area contributed by atoms with E-state index < -0.39 is 0 Å². The number of hydrogen-bond acceptors (Lipinski definition) is 1. The quantitative estimate of drug-likeness (QED) is 0.434. The Kier molecular flexibility index (Phi) is 4.03. The molecule has 1 saturated heterocycles. The second kappa shape index (κ2) is 4.52. The molecule has 0 bridgehead atoms. The number of hydrogen-bond donors (Lipinski definition) is 0. The van der Waals surface area contributed by atoms with Crippen LogP contribution >= 0.6 is 22.6 Å². The van der Waals surface area contributed by atoms with Crippen LogP contribution in [0.25, 0.3) is 0 Å². The molecule has 1 aliphatic heterocycles. The van der Waals surface area contributed by atoms with Crippen LogP contribution in [-0.4, -0.2) is 15.6 Å². The van der Waals surface area contributed by atoms with E-state index >= 15 is 0 Å². The average Bonchev–Trinajstić information content (AvgIpc) is 2.47. The van der Waals surface area contributed by atoms with Crippen LogP contribution < -0.4 is 0 Å². The summed E-state index contributed by atoms with van der Waals surface area (Å²) in [5.41, 5.74) is 0.148. The maximum atomic E-state index is 6.31. The topological polar surface area (TPSA) is 9.23 Å². The fraction of sp³-hybridized carbons (Fsp3) is 0.833. The van der Waals surface area contributed by atoms with Crippen LogP contribution in [0, 0.1) is 5.92 Å². The molecule has 0 spiro atoms.